The Hall–Kier alpha value is -3.28. The molecule has 3 rings (SSSR count). The van der Waals surface area contributed by atoms with Crippen molar-refractivity contribution in [1.29, 1.82) is 0 Å². The van der Waals surface area contributed by atoms with Crippen LogP contribution in [0.2, 0.25) is 0 Å². The number of carbonyl (C=O) groups excluding carboxylic acids is 1. The first-order valence-electron chi connectivity index (χ1n) is 8.21. The van der Waals surface area contributed by atoms with Crippen LogP contribution in [0.1, 0.15) is 16.1 Å². The molecule has 1 amide bonds. The van der Waals surface area contributed by atoms with Gasteiger partial charge in [-0.2, -0.15) is 5.10 Å². The normalized spacial score (nSPS) is 10.4. The van der Waals surface area contributed by atoms with E-state index in [9.17, 15) is 4.79 Å². The van der Waals surface area contributed by atoms with Gasteiger partial charge in [0.2, 0.25) is 0 Å². The zero-order chi connectivity index (χ0) is 18.5. The third-order valence-corrected chi connectivity index (χ3v) is 4.11. The predicted molar refractivity (Wildman–Crippen MR) is 99.4 cm³/mol. The number of hydrogen-bond acceptors (Lipinski definition) is 4. The molecule has 0 atom stereocenters. The predicted octanol–water partition coefficient (Wildman–Crippen LogP) is 3.03. The lowest BCUT2D eigenvalue weighted by molar-refractivity contribution is 0.0945. The molecule has 0 saturated carbocycles. The van der Waals surface area contributed by atoms with Crippen molar-refractivity contribution in [1.82, 2.24) is 15.1 Å². The molecule has 3 aromatic rings. The van der Waals surface area contributed by atoms with Gasteiger partial charge in [0.15, 0.2) is 5.69 Å². The quantitative estimate of drug-likeness (QED) is 0.741. The van der Waals surface area contributed by atoms with Gasteiger partial charge >= 0.3 is 0 Å². The SMILES string of the molecule is COc1cccc(-c2cc(C(=O)NCc3ccccc3OC)nn2C)c1. The topological polar surface area (TPSA) is 65.4 Å². The number of rotatable bonds is 6. The molecular formula is C20H21N3O3. The average molecular weight is 351 g/mol. The van der Waals surface area contributed by atoms with Crippen molar-refractivity contribution in [2.75, 3.05) is 14.2 Å². The minimum Gasteiger partial charge on any atom is -0.497 e. The van der Waals surface area contributed by atoms with Crippen molar-refractivity contribution in [3.63, 3.8) is 0 Å². The van der Waals surface area contributed by atoms with Crippen LogP contribution in [0.25, 0.3) is 11.3 Å². The largest absolute Gasteiger partial charge is 0.497 e. The van der Waals surface area contributed by atoms with E-state index in [0.29, 0.717) is 12.2 Å². The molecule has 2 aromatic carbocycles. The zero-order valence-corrected chi connectivity index (χ0v) is 15.0. The Kier molecular flexibility index (Phi) is 5.22. The maximum absolute atomic E-state index is 12.5. The lowest BCUT2D eigenvalue weighted by Gasteiger charge is -2.08. The minimum atomic E-state index is -0.236. The number of benzene rings is 2. The fourth-order valence-electron chi connectivity index (χ4n) is 2.75. The third-order valence-electron chi connectivity index (χ3n) is 4.11. The second kappa shape index (κ2) is 7.74. The summed E-state index contributed by atoms with van der Waals surface area (Å²) in [6, 6.07) is 17.0. The van der Waals surface area contributed by atoms with Crippen molar-refractivity contribution in [2.45, 2.75) is 6.54 Å². The number of nitrogens with zero attached hydrogens (tertiary/aromatic N) is 2. The number of aryl methyl sites for hydroxylation is 1. The summed E-state index contributed by atoms with van der Waals surface area (Å²) < 4.78 is 12.2. The van der Waals surface area contributed by atoms with Crippen LogP contribution in [-0.2, 0) is 13.6 Å². The monoisotopic (exact) mass is 351 g/mol. The van der Waals surface area contributed by atoms with Crippen LogP contribution in [0.5, 0.6) is 11.5 Å². The third kappa shape index (κ3) is 3.69. The molecule has 134 valence electrons. The van der Waals surface area contributed by atoms with Gasteiger partial charge in [-0.25, -0.2) is 0 Å². The average Bonchev–Trinajstić information content (AvgIpc) is 3.08. The van der Waals surface area contributed by atoms with E-state index in [2.05, 4.69) is 10.4 Å². The van der Waals surface area contributed by atoms with Gasteiger partial charge in [0.25, 0.3) is 5.91 Å². The van der Waals surface area contributed by atoms with Crippen LogP contribution in [-0.4, -0.2) is 29.9 Å². The van der Waals surface area contributed by atoms with Crippen LogP contribution in [0, 0.1) is 0 Å². The molecule has 1 aromatic heterocycles. The molecule has 6 nitrogen and oxygen atoms in total. The number of hydrogen-bond donors (Lipinski definition) is 1. The van der Waals surface area contributed by atoms with E-state index in [1.54, 1.807) is 25.0 Å². The molecule has 0 fully saturated rings. The van der Waals surface area contributed by atoms with Gasteiger partial charge in [-0.1, -0.05) is 30.3 Å². The highest BCUT2D eigenvalue weighted by Crippen LogP contribution is 2.24. The van der Waals surface area contributed by atoms with Gasteiger partial charge in [0.05, 0.1) is 19.9 Å². The molecule has 0 aliphatic heterocycles. The van der Waals surface area contributed by atoms with Gasteiger partial charge in [-0.05, 0) is 24.3 Å². The molecule has 0 bridgehead atoms. The van der Waals surface area contributed by atoms with E-state index in [-0.39, 0.29) is 5.91 Å². The van der Waals surface area contributed by atoms with Crippen molar-refractivity contribution < 1.29 is 14.3 Å². The fraction of sp³-hybridized carbons (Fsp3) is 0.200. The van der Waals surface area contributed by atoms with E-state index < -0.39 is 0 Å². The maximum atomic E-state index is 12.5. The summed E-state index contributed by atoms with van der Waals surface area (Å²) in [5, 5.41) is 7.21. The van der Waals surface area contributed by atoms with Gasteiger partial charge < -0.3 is 14.8 Å². The standard InChI is InChI=1S/C20H21N3O3/c1-23-18(14-8-6-9-16(11-14)25-2)12-17(22-23)20(24)21-13-15-7-4-5-10-19(15)26-3/h4-12H,13H2,1-3H3,(H,21,24). The van der Waals surface area contributed by atoms with Crippen LogP contribution < -0.4 is 14.8 Å². The van der Waals surface area contributed by atoms with Crippen molar-refractivity contribution in [2.24, 2.45) is 7.05 Å². The van der Waals surface area contributed by atoms with E-state index in [1.807, 2.05) is 55.6 Å². The van der Waals surface area contributed by atoms with Crippen LogP contribution in [0.4, 0.5) is 0 Å². The Bertz CT molecular complexity index is 918. The Morgan fingerprint density at radius 1 is 1.08 bits per heavy atom. The maximum Gasteiger partial charge on any atom is 0.272 e. The van der Waals surface area contributed by atoms with Crippen LogP contribution in [0.3, 0.4) is 0 Å². The van der Waals surface area contributed by atoms with E-state index in [0.717, 1.165) is 28.3 Å². The van der Waals surface area contributed by atoms with Crippen LogP contribution >= 0.6 is 0 Å². The molecule has 0 unspecified atom stereocenters. The first-order chi connectivity index (χ1) is 12.6. The molecule has 0 spiro atoms. The van der Waals surface area contributed by atoms with Crippen molar-refractivity contribution in [3.05, 3.63) is 65.9 Å². The molecule has 0 aliphatic rings. The number of methoxy groups -OCH3 is 2. The highest BCUT2D eigenvalue weighted by atomic mass is 16.5. The lowest BCUT2D eigenvalue weighted by atomic mass is 10.1. The lowest BCUT2D eigenvalue weighted by Crippen LogP contribution is -2.23. The molecule has 1 N–H and O–H groups in total. The Morgan fingerprint density at radius 3 is 2.65 bits per heavy atom. The van der Waals surface area contributed by atoms with E-state index in [1.165, 1.54) is 0 Å². The number of ether oxygens (including phenoxy) is 2. The van der Waals surface area contributed by atoms with Gasteiger partial charge in [0, 0.05) is 24.7 Å². The Labute approximate surface area is 152 Å². The summed E-state index contributed by atoms with van der Waals surface area (Å²) >= 11 is 0. The van der Waals surface area contributed by atoms with E-state index >= 15 is 0 Å². The fourth-order valence-corrected chi connectivity index (χ4v) is 2.75. The number of aromatic nitrogens is 2. The van der Waals surface area contributed by atoms with Crippen molar-refractivity contribution in [3.8, 4) is 22.8 Å². The molecular weight excluding hydrogens is 330 g/mol. The second-order valence-corrected chi connectivity index (χ2v) is 5.76. The van der Waals surface area contributed by atoms with Gasteiger partial charge in [0.1, 0.15) is 11.5 Å². The van der Waals surface area contributed by atoms with Gasteiger partial charge in [-0.3, -0.25) is 9.48 Å². The number of para-hydroxylation sites is 1. The second-order valence-electron chi connectivity index (χ2n) is 5.76. The molecule has 6 heteroatoms. The summed E-state index contributed by atoms with van der Waals surface area (Å²) in [7, 11) is 5.05. The first kappa shape index (κ1) is 17.5. The molecule has 0 aliphatic carbocycles. The van der Waals surface area contributed by atoms with E-state index in [4.69, 9.17) is 9.47 Å². The summed E-state index contributed by atoms with van der Waals surface area (Å²) in [5.74, 6) is 1.26. The summed E-state index contributed by atoms with van der Waals surface area (Å²) in [5.41, 5.74) is 3.04. The first-order valence-corrected chi connectivity index (χ1v) is 8.21. The van der Waals surface area contributed by atoms with Crippen LogP contribution in [0.15, 0.2) is 54.6 Å². The molecule has 0 radical (unpaired) electrons. The Morgan fingerprint density at radius 2 is 1.88 bits per heavy atom. The molecule has 26 heavy (non-hydrogen) atoms. The summed E-state index contributed by atoms with van der Waals surface area (Å²) in [6.07, 6.45) is 0. The number of carbonyl (C=O) groups is 1. The highest BCUT2D eigenvalue weighted by molar-refractivity contribution is 5.93. The van der Waals surface area contributed by atoms with Gasteiger partial charge in [-0.15, -0.1) is 0 Å². The molecule has 0 saturated heterocycles. The molecule has 1 heterocycles. The van der Waals surface area contributed by atoms with Crippen molar-refractivity contribution >= 4 is 5.91 Å². The summed E-state index contributed by atoms with van der Waals surface area (Å²) in [6.45, 7) is 0.369. The summed E-state index contributed by atoms with van der Waals surface area (Å²) in [4.78, 5) is 12.5. The minimum absolute atomic E-state index is 0.236. The number of amides is 1. The smallest absolute Gasteiger partial charge is 0.272 e. The highest BCUT2D eigenvalue weighted by Gasteiger charge is 2.15. The zero-order valence-electron chi connectivity index (χ0n) is 15.0. The number of nitrogens with one attached hydrogen (secondary N) is 1. The Balaban J connectivity index is 1.76.